The smallest absolute Gasteiger partial charge is 0.319 e. The molecule has 0 atom stereocenters. The van der Waals surface area contributed by atoms with Gasteiger partial charge in [0.15, 0.2) is 0 Å². The maximum Gasteiger partial charge on any atom is 0.319 e. The third-order valence-electron chi connectivity index (χ3n) is 4.33. The maximum absolute atomic E-state index is 12.1. The number of rotatable bonds is 6. The van der Waals surface area contributed by atoms with Crippen LogP contribution in [-0.4, -0.2) is 29.8 Å². The summed E-state index contributed by atoms with van der Waals surface area (Å²) in [5.41, 5.74) is 1.68. The van der Waals surface area contributed by atoms with Crippen LogP contribution in [0.1, 0.15) is 44.6 Å². The molecule has 6 nitrogen and oxygen atoms in total. The molecule has 132 valence electrons. The molecule has 1 aromatic rings. The number of carboxylic acid groups (broad SMARTS) is 1. The van der Waals surface area contributed by atoms with Gasteiger partial charge in [-0.05, 0) is 62.8 Å². The molecule has 0 saturated heterocycles. The second-order valence-electron chi connectivity index (χ2n) is 6.31. The lowest BCUT2D eigenvalue weighted by molar-refractivity contribution is -0.142. The van der Waals surface area contributed by atoms with Crippen molar-refractivity contribution < 1.29 is 19.4 Å². The van der Waals surface area contributed by atoms with Crippen LogP contribution in [0.3, 0.4) is 0 Å². The molecular formula is C18H26N2O4. The Balaban J connectivity index is 1.83. The van der Waals surface area contributed by atoms with Crippen molar-refractivity contribution in [3.8, 4) is 5.75 Å². The number of aliphatic carboxylic acids is 1. The monoisotopic (exact) mass is 334 g/mol. The lowest BCUT2D eigenvalue weighted by atomic mass is 9.86. The average Bonchev–Trinajstić information content (AvgIpc) is 2.55. The minimum absolute atomic E-state index is 0.0352. The Morgan fingerprint density at radius 2 is 1.96 bits per heavy atom. The zero-order valence-corrected chi connectivity index (χ0v) is 14.3. The highest BCUT2D eigenvalue weighted by Gasteiger charge is 2.26. The van der Waals surface area contributed by atoms with Crippen molar-refractivity contribution in [2.24, 2.45) is 5.92 Å². The average molecular weight is 334 g/mol. The molecule has 0 heterocycles. The Bertz CT molecular complexity index is 580. The summed E-state index contributed by atoms with van der Waals surface area (Å²) in [5.74, 6) is -0.213. The van der Waals surface area contributed by atoms with Crippen LogP contribution < -0.4 is 15.4 Å². The van der Waals surface area contributed by atoms with E-state index in [4.69, 9.17) is 9.84 Å². The largest absolute Gasteiger partial charge is 0.494 e. The molecule has 2 amide bonds. The number of nitrogens with one attached hydrogen (secondary N) is 2. The van der Waals surface area contributed by atoms with Crippen LogP contribution in [0.15, 0.2) is 18.2 Å². The van der Waals surface area contributed by atoms with Gasteiger partial charge in [-0.15, -0.1) is 0 Å². The van der Waals surface area contributed by atoms with Crippen molar-refractivity contribution in [1.29, 1.82) is 0 Å². The second-order valence-corrected chi connectivity index (χ2v) is 6.31. The SMILES string of the molecule is CCCOc1ccc(NC(=O)NC2CCC(C(=O)O)CC2)c(C)c1. The van der Waals surface area contributed by atoms with Crippen LogP contribution >= 0.6 is 0 Å². The van der Waals surface area contributed by atoms with Gasteiger partial charge in [0, 0.05) is 11.7 Å². The normalized spacial score (nSPS) is 20.2. The summed E-state index contributed by atoms with van der Waals surface area (Å²) in [5, 5.41) is 14.8. The first-order chi connectivity index (χ1) is 11.5. The van der Waals surface area contributed by atoms with E-state index in [1.165, 1.54) is 0 Å². The third-order valence-corrected chi connectivity index (χ3v) is 4.33. The molecule has 1 aromatic carbocycles. The molecule has 0 radical (unpaired) electrons. The van der Waals surface area contributed by atoms with E-state index in [1.807, 2.05) is 25.1 Å². The highest BCUT2D eigenvalue weighted by atomic mass is 16.5. The summed E-state index contributed by atoms with van der Waals surface area (Å²) >= 11 is 0. The fourth-order valence-corrected chi connectivity index (χ4v) is 2.91. The van der Waals surface area contributed by atoms with Gasteiger partial charge in [0.25, 0.3) is 0 Å². The van der Waals surface area contributed by atoms with Crippen LogP contribution in [0.25, 0.3) is 0 Å². The van der Waals surface area contributed by atoms with E-state index in [2.05, 4.69) is 17.6 Å². The number of hydrogen-bond acceptors (Lipinski definition) is 3. The Hall–Kier alpha value is -2.24. The van der Waals surface area contributed by atoms with Gasteiger partial charge in [-0.3, -0.25) is 4.79 Å². The topological polar surface area (TPSA) is 87.7 Å². The van der Waals surface area contributed by atoms with Crippen LogP contribution in [0.4, 0.5) is 10.5 Å². The van der Waals surface area contributed by atoms with Gasteiger partial charge in [-0.1, -0.05) is 6.92 Å². The number of carbonyl (C=O) groups is 2. The number of urea groups is 1. The third kappa shape index (κ3) is 5.15. The van der Waals surface area contributed by atoms with Crippen molar-refractivity contribution in [2.45, 2.75) is 52.0 Å². The number of hydrogen-bond donors (Lipinski definition) is 3. The molecule has 0 unspecified atom stereocenters. The number of amides is 2. The van der Waals surface area contributed by atoms with Gasteiger partial charge in [-0.25, -0.2) is 4.79 Å². The van der Waals surface area contributed by atoms with Gasteiger partial charge in [0.1, 0.15) is 5.75 Å². The summed E-state index contributed by atoms with van der Waals surface area (Å²) in [6, 6.07) is 5.37. The van der Waals surface area contributed by atoms with E-state index in [9.17, 15) is 9.59 Å². The van der Waals surface area contributed by atoms with Crippen molar-refractivity contribution in [2.75, 3.05) is 11.9 Å². The van der Waals surface area contributed by atoms with Crippen molar-refractivity contribution >= 4 is 17.7 Å². The van der Waals surface area contributed by atoms with E-state index in [1.54, 1.807) is 0 Å². The first kappa shape index (κ1) is 18.1. The molecule has 0 aliphatic heterocycles. The zero-order chi connectivity index (χ0) is 17.5. The fourth-order valence-electron chi connectivity index (χ4n) is 2.91. The summed E-state index contributed by atoms with van der Waals surface area (Å²) in [4.78, 5) is 23.1. The van der Waals surface area contributed by atoms with Crippen LogP contribution in [-0.2, 0) is 4.79 Å². The van der Waals surface area contributed by atoms with Crippen LogP contribution in [0.2, 0.25) is 0 Å². The van der Waals surface area contributed by atoms with Gasteiger partial charge in [0.05, 0.1) is 12.5 Å². The van der Waals surface area contributed by atoms with Gasteiger partial charge in [-0.2, -0.15) is 0 Å². The molecule has 1 saturated carbocycles. The van der Waals surface area contributed by atoms with Crippen molar-refractivity contribution in [1.82, 2.24) is 5.32 Å². The lowest BCUT2D eigenvalue weighted by Crippen LogP contribution is -2.41. The Morgan fingerprint density at radius 1 is 1.25 bits per heavy atom. The van der Waals surface area contributed by atoms with E-state index < -0.39 is 5.97 Å². The van der Waals surface area contributed by atoms with Crippen LogP contribution in [0.5, 0.6) is 5.75 Å². The predicted octanol–water partition coefficient (Wildman–Crippen LogP) is 3.55. The quantitative estimate of drug-likeness (QED) is 0.742. The molecule has 1 aliphatic carbocycles. The predicted molar refractivity (Wildman–Crippen MR) is 92.5 cm³/mol. The minimum atomic E-state index is -0.737. The van der Waals surface area contributed by atoms with E-state index in [-0.39, 0.29) is 18.0 Å². The van der Waals surface area contributed by atoms with Crippen molar-refractivity contribution in [3.05, 3.63) is 23.8 Å². The highest BCUT2D eigenvalue weighted by Crippen LogP contribution is 2.25. The van der Waals surface area contributed by atoms with E-state index in [0.29, 0.717) is 32.3 Å². The second kappa shape index (κ2) is 8.57. The van der Waals surface area contributed by atoms with E-state index in [0.717, 1.165) is 23.4 Å². The van der Waals surface area contributed by atoms with Crippen molar-refractivity contribution in [3.63, 3.8) is 0 Å². The van der Waals surface area contributed by atoms with E-state index >= 15 is 0 Å². The first-order valence-corrected chi connectivity index (χ1v) is 8.53. The number of benzene rings is 1. The molecule has 1 fully saturated rings. The molecule has 0 bridgehead atoms. The zero-order valence-electron chi connectivity index (χ0n) is 14.3. The van der Waals surface area contributed by atoms with Gasteiger partial charge < -0.3 is 20.5 Å². The van der Waals surface area contributed by atoms with Gasteiger partial charge in [0.2, 0.25) is 0 Å². The molecular weight excluding hydrogens is 308 g/mol. The first-order valence-electron chi connectivity index (χ1n) is 8.53. The number of anilines is 1. The Kier molecular flexibility index (Phi) is 6.46. The molecule has 1 aliphatic rings. The van der Waals surface area contributed by atoms with Crippen LogP contribution in [0, 0.1) is 12.8 Å². The summed E-state index contributed by atoms with van der Waals surface area (Å²) in [6.07, 6.45) is 3.58. The Labute approximate surface area is 142 Å². The fraction of sp³-hybridized carbons (Fsp3) is 0.556. The molecule has 3 N–H and O–H groups in total. The molecule has 6 heteroatoms. The number of carboxylic acids is 1. The molecule has 2 rings (SSSR count). The minimum Gasteiger partial charge on any atom is -0.494 e. The summed E-state index contributed by atoms with van der Waals surface area (Å²) < 4.78 is 5.57. The summed E-state index contributed by atoms with van der Waals surface area (Å²) in [7, 11) is 0. The number of ether oxygens (including phenoxy) is 1. The highest BCUT2D eigenvalue weighted by molar-refractivity contribution is 5.90. The Morgan fingerprint density at radius 3 is 2.54 bits per heavy atom. The molecule has 24 heavy (non-hydrogen) atoms. The number of carbonyl (C=O) groups excluding carboxylic acids is 1. The molecule has 0 aromatic heterocycles. The molecule has 0 spiro atoms. The standard InChI is InChI=1S/C18H26N2O4/c1-3-10-24-15-8-9-16(12(2)11-15)20-18(23)19-14-6-4-13(5-7-14)17(21)22/h8-9,11,13-14H,3-7,10H2,1-2H3,(H,21,22)(H2,19,20,23). The number of aryl methyl sites for hydroxylation is 1. The lowest BCUT2D eigenvalue weighted by Gasteiger charge is -2.27. The summed E-state index contributed by atoms with van der Waals surface area (Å²) in [6.45, 7) is 4.65. The maximum atomic E-state index is 12.1. The van der Waals surface area contributed by atoms with Gasteiger partial charge >= 0.3 is 12.0 Å².